The zero-order valence-electron chi connectivity index (χ0n) is 9.34. The third kappa shape index (κ3) is 2.34. The second kappa shape index (κ2) is 4.54. The summed E-state index contributed by atoms with van der Waals surface area (Å²) in [6, 6.07) is 12.5. The zero-order chi connectivity index (χ0) is 12.3. The van der Waals surface area contributed by atoms with Gasteiger partial charge in [-0.25, -0.2) is 4.98 Å². The van der Waals surface area contributed by atoms with Gasteiger partial charge in [0.15, 0.2) is 0 Å². The first-order chi connectivity index (χ1) is 8.20. The molecule has 1 heterocycles. The minimum absolute atomic E-state index is 0.430. The Labute approximate surface area is 99.3 Å². The lowest BCUT2D eigenvalue weighted by Gasteiger charge is -2.07. The van der Waals surface area contributed by atoms with Gasteiger partial charge in [-0.1, -0.05) is 12.1 Å². The first-order valence-electron chi connectivity index (χ1n) is 5.11. The average molecular weight is 225 g/mol. The summed E-state index contributed by atoms with van der Waals surface area (Å²) in [7, 11) is 0. The Hall–Kier alpha value is -2.54. The number of anilines is 1. The van der Waals surface area contributed by atoms with E-state index in [2.05, 4.69) is 11.1 Å². The van der Waals surface area contributed by atoms with Crippen LogP contribution in [0.3, 0.4) is 0 Å². The van der Waals surface area contributed by atoms with E-state index >= 15 is 0 Å². The number of nitrogen functional groups attached to an aromatic ring is 1. The van der Waals surface area contributed by atoms with E-state index in [1.54, 1.807) is 43.3 Å². The SMILES string of the molecule is Cc1nc(Oc2ccccc2C#N)ccc1N. The lowest BCUT2D eigenvalue weighted by atomic mass is 10.2. The van der Waals surface area contributed by atoms with E-state index in [1.807, 2.05) is 0 Å². The van der Waals surface area contributed by atoms with Gasteiger partial charge in [-0.15, -0.1) is 0 Å². The van der Waals surface area contributed by atoms with Gasteiger partial charge in [-0.05, 0) is 25.1 Å². The fourth-order valence-electron chi connectivity index (χ4n) is 1.37. The maximum atomic E-state index is 8.92. The molecule has 2 aromatic rings. The monoisotopic (exact) mass is 225 g/mol. The maximum Gasteiger partial charge on any atom is 0.219 e. The number of nitrogens with zero attached hydrogens (tertiary/aromatic N) is 2. The van der Waals surface area contributed by atoms with Crippen molar-refractivity contribution in [3.8, 4) is 17.7 Å². The summed E-state index contributed by atoms with van der Waals surface area (Å²) in [6.07, 6.45) is 0. The molecule has 0 aliphatic rings. The Balaban J connectivity index is 2.32. The zero-order valence-corrected chi connectivity index (χ0v) is 9.34. The summed E-state index contributed by atoms with van der Waals surface area (Å²) in [5.41, 5.74) is 7.47. The van der Waals surface area contributed by atoms with E-state index in [4.69, 9.17) is 15.7 Å². The van der Waals surface area contributed by atoms with Crippen LogP contribution in [0.4, 0.5) is 5.69 Å². The van der Waals surface area contributed by atoms with Crippen molar-refractivity contribution in [2.75, 3.05) is 5.73 Å². The highest BCUT2D eigenvalue weighted by molar-refractivity contribution is 5.47. The normalized spacial score (nSPS) is 9.65. The molecule has 4 nitrogen and oxygen atoms in total. The first kappa shape index (κ1) is 11.0. The lowest BCUT2D eigenvalue weighted by molar-refractivity contribution is 0.460. The predicted octanol–water partition coefficient (Wildman–Crippen LogP) is 2.64. The predicted molar refractivity (Wildman–Crippen MR) is 64.6 cm³/mol. The van der Waals surface area contributed by atoms with Gasteiger partial charge in [0.05, 0.1) is 16.9 Å². The standard InChI is InChI=1S/C13H11N3O/c1-9-11(15)6-7-13(16-9)17-12-5-3-2-4-10(12)8-14/h2-7H,15H2,1H3. The molecular formula is C13H11N3O. The van der Waals surface area contributed by atoms with Crippen molar-refractivity contribution in [1.29, 1.82) is 5.26 Å². The number of nitriles is 1. The average Bonchev–Trinajstić information content (AvgIpc) is 2.34. The van der Waals surface area contributed by atoms with Gasteiger partial charge in [0.2, 0.25) is 5.88 Å². The second-order valence-electron chi connectivity index (χ2n) is 3.53. The summed E-state index contributed by atoms with van der Waals surface area (Å²) in [5, 5.41) is 8.92. The van der Waals surface area contributed by atoms with Crippen molar-refractivity contribution < 1.29 is 4.74 Å². The van der Waals surface area contributed by atoms with Gasteiger partial charge in [0.1, 0.15) is 11.8 Å². The van der Waals surface area contributed by atoms with Crippen LogP contribution < -0.4 is 10.5 Å². The van der Waals surface area contributed by atoms with Gasteiger partial charge in [-0.3, -0.25) is 0 Å². The minimum atomic E-state index is 0.430. The molecule has 2 N–H and O–H groups in total. The van der Waals surface area contributed by atoms with Gasteiger partial charge >= 0.3 is 0 Å². The number of rotatable bonds is 2. The fourth-order valence-corrected chi connectivity index (χ4v) is 1.37. The second-order valence-corrected chi connectivity index (χ2v) is 3.53. The highest BCUT2D eigenvalue weighted by atomic mass is 16.5. The smallest absolute Gasteiger partial charge is 0.219 e. The van der Waals surface area contributed by atoms with Crippen molar-refractivity contribution in [2.24, 2.45) is 0 Å². The molecular weight excluding hydrogens is 214 g/mol. The molecule has 1 aromatic heterocycles. The van der Waals surface area contributed by atoms with Crippen LogP contribution in [0, 0.1) is 18.3 Å². The van der Waals surface area contributed by atoms with Crippen molar-refractivity contribution in [3.05, 3.63) is 47.7 Å². The number of benzene rings is 1. The van der Waals surface area contributed by atoms with Crippen LogP contribution in [0.1, 0.15) is 11.3 Å². The van der Waals surface area contributed by atoms with Crippen LogP contribution in [0.15, 0.2) is 36.4 Å². The molecule has 0 aliphatic carbocycles. The Bertz CT molecular complexity index is 587. The number of nitrogens with two attached hydrogens (primary N) is 1. The van der Waals surface area contributed by atoms with Gasteiger partial charge in [0, 0.05) is 6.07 Å². The molecule has 1 aromatic carbocycles. The van der Waals surface area contributed by atoms with Crippen LogP contribution in [0.25, 0.3) is 0 Å². The molecule has 0 saturated carbocycles. The molecule has 0 amide bonds. The van der Waals surface area contributed by atoms with Crippen LogP contribution in [-0.4, -0.2) is 4.98 Å². The van der Waals surface area contributed by atoms with E-state index in [9.17, 15) is 0 Å². The third-order valence-electron chi connectivity index (χ3n) is 2.32. The number of hydrogen-bond acceptors (Lipinski definition) is 4. The van der Waals surface area contributed by atoms with Crippen LogP contribution >= 0.6 is 0 Å². The highest BCUT2D eigenvalue weighted by Crippen LogP contribution is 2.24. The number of aromatic nitrogens is 1. The number of hydrogen-bond donors (Lipinski definition) is 1. The molecule has 0 aliphatic heterocycles. The Kier molecular flexibility index (Phi) is 2.93. The van der Waals surface area contributed by atoms with Crippen molar-refractivity contribution >= 4 is 5.69 Å². The van der Waals surface area contributed by atoms with Crippen molar-refractivity contribution in [2.45, 2.75) is 6.92 Å². The Morgan fingerprint density at radius 3 is 2.71 bits per heavy atom. The molecule has 0 fully saturated rings. The van der Waals surface area contributed by atoms with Gasteiger partial charge in [0.25, 0.3) is 0 Å². The molecule has 2 rings (SSSR count). The molecule has 0 bridgehead atoms. The number of ether oxygens (including phenoxy) is 1. The maximum absolute atomic E-state index is 8.92. The molecule has 17 heavy (non-hydrogen) atoms. The minimum Gasteiger partial charge on any atom is -0.438 e. The molecule has 0 saturated heterocycles. The first-order valence-corrected chi connectivity index (χ1v) is 5.11. The van der Waals surface area contributed by atoms with Crippen molar-refractivity contribution in [1.82, 2.24) is 4.98 Å². The van der Waals surface area contributed by atoms with Crippen LogP contribution in [0.5, 0.6) is 11.6 Å². The van der Waals surface area contributed by atoms with Gasteiger partial charge in [-0.2, -0.15) is 5.26 Å². The molecule has 84 valence electrons. The topological polar surface area (TPSA) is 71.9 Å². The fraction of sp³-hybridized carbons (Fsp3) is 0.0769. The number of pyridine rings is 1. The summed E-state index contributed by atoms with van der Waals surface area (Å²) < 4.78 is 5.55. The third-order valence-corrected chi connectivity index (χ3v) is 2.32. The van der Waals surface area contributed by atoms with Crippen LogP contribution in [0.2, 0.25) is 0 Å². The Morgan fingerprint density at radius 1 is 1.24 bits per heavy atom. The lowest BCUT2D eigenvalue weighted by Crippen LogP contribution is -1.96. The summed E-state index contributed by atoms with van der Waals surface area (Å²) >= 11 is 0. The van der Waals surface area contributed by atoms with Crippen molar-refractivity contribution in [3.63, 3.8) is 0 Å². The quantitative estimate of drug-likeness (QED) is 0.852. The number of aryl methyl sites for hydroxylation is 1. The summed E-state index contributed by atoms with van der Waals surface area (Å²) in [6.45, 7) is 1.80. The molecule has 0 radical (unpaired) electrons. The van der Waals surface area contributed by atoms with E-state index in [0.717, 1.165) is 0 Å². The molecule has 0 unspecified atom stereocenters. The summed E-state index contributed by atoms with van der Waals surface area (Å²) in [5.74, 6) is 0.922. The molecule has 0 spiro atoms. The van der Waals surface area contributed by atoms with E-state index in [1.165, 1.54) is 0 Å². The highest BCUT2D eigenvalue weighted by Gasteiger charge is 2.05. The largest absolute Gasteiger partial charge is 0.438 e. The van der Waals surface area contributed by atoms with E-state index in [0.29, 0.717) is 28.6 Å². The summed E-state index contributed by atoms with van der Waals surface area (Å²) in [4.78, 5) is 4.19. The molecule has 0 atom stereocenters. The molecule has 4 heteroatoms. The van der Waals surface area contributed by atoms with Crippen LogP contribution in [-0.2, 0) is 0 Å². The van der Waals surface area contributed by atoms with E-state index in [-0.39, 0.29) is 0 Å². The van der Waals surface area contributed by atoms with Gasteiger partial charge < -0.3 is 10.5 Å². The Morgan fingerprint density at radius 2 is 2.00 bits per heavy atom. The van der Waals surface area contributed by atoms with E-state index < -0.39 is 0 Å². The number of para-hydroxylation sites is 1.